The van der Waals surface area contributed by atoms with Crippen LogP contribution >= 0.6 is 0 Å². The van der Waals surface area contributed by atoms with Gasteiger partial charge in [0, 0.05) is 5.54 Å². The number of hydrogen-bond acceptors (Lipinski definition) is 1. The summed E-state index contributed by atoms with van der Waals surface area (Å²) < 4.78 is 76.0. The lowest BCUT2D eigenvalue weighted by Gasteiger charge is -2.19. The van der Waals surface area contributed by atoms with E-state index in [1.54, 1.807) is 0 Å². The van der Waals surface area contributed by atoms with Gasteiger partial charge < -0.3 is 5.32 Å². The second-order valence-corrected chi connectivity index (χ2v) is 4.63. The minimum Gasteiger partial charge on any atom is -0.310 e. The summed E-state index contributed by atoms with van der Waals surface area (Å²) in [7, 11) is 1.53. The lowest BCUT2D eigenvalue weighted by molar-refractivity contribution is -0.143. The van der Waals surface area contributed by atoms with Gasteiger partial charge in [-0.15, -0.1) is 0 Å². The molecular formula is C12H11F6N. The van der Waals surface area contributed by atoms with Crippen molar-refractivity contribution in [3.8, 4) is 0 Å². The monoisotopic (exact) mass is 283 g/mol. The summed E-state index contributed by atoms with van der Waals surface area (Å²) in [6, 6.07) is 1.73. The van der Waals surface area contributed by atoms with Gasteiger partial charge in [-0.05, 0) is 43.7 Å². The lowest BCUT2D eigenvalue weighted by Crippen LogP contribution is -2.26. The second kappa shape index (κ2) is 4.13. The van der Waals surface area contributed by atoms with Gasteiger partial charge >= 0.3 is 12.4 Å². The summed E-state index contributed by atoms with van der Waals surface area (Å²) in [6.07, 6.45) is -8.52. The number of rotatable bonds is 2. The molecule has 1 aromatic rings. The summed E-state index contributed by atoms with van der Waals surface area (Å²) in [4.78, 5) is 0. The van der Waals surface area contributed by atoms with Crippen LogP contribution in [0.5, 0.6) is 0 Å². The van der Waals surface area contributed by atoms with E-state index < -0.39 is 29.0 Å². The summed E-state index contributed by atoms with van der Waals surface area (Å²) in [5.41, 5.74) is -3.24. The summed E-state index contributed by atoms with van der Waals surface area (Å²) in [5.74, 6) is 0. The maximum Gasteiger partial charge on any atom is 0.416 e. The Morgan fingerprint density at radius 3 is 1.58 bits per heavy atom. The molecule has 0 unspecified atom stereocenters. The average Bonchev–Trinajstić information content (AvgIpc) is 3.07. The van der Waals surface area contributed by atoms with Crippen molar-refractivity contribution in [1.82, 2.24) is 5.32 Å². The zero-order valence-corrected chi connectivity index (χ0v) is 9.91. The van der Waals surface area contributed by atoms with Crippen molar-refractivity contribution >= 4 is 0 Å². The van der Waals surface area contributed by atoms with E-state index in [0.717, 1.165) is 12.1 Å². The van der Waals surface area contributed by atoms with Gasteiger partial charge in [0.05, 0.1) is 11.1 Å². The van der Waals surface area contributed by atoms with E-state index >= 15 is 0 Å². The van der Waals surface area contributed by atoms with Crippen LogP contribution in [0.2, 0.25) is 0 Å². The molecule has 1 aliphatic rings. The molecule has 0 amide bonds. The summed E-state index contributed by atoms with van der Waals surface area (Å²) in [5, 5.41) is 2.79. The van der Waals surface area contributed by atoms with Crippen LogP contribution in [0.15, 0.2) is 18.2 Å². The first-order chi connectivity index (χ1) is 8.58. The van der Waals surface area contributed by atoms with Crippen molar-refractivity contribution in [3.05, 3.63) is 34.9 Å². The molecule has 1 aromatic carbocycles. The molecule has 1 N–H and O–H groups in total. The van der Waals surface area contributed by atoms with E-state index in [4.69, 9.17) is 0 Å². The Bertz CT molecular complexity index is 452. The van der Waals surface area contributed by atoms with Gasteiger partial charge in [0.25, 0.3) is 0 Å². The Kier molecular flexibility index (Phi) is 3.08. The van der Waals surface area contributed by atoms with Crippen molar-refractivity contribution < 1.29 is 26.3 Å². The second-order valence-electron chi connectivity index (χ2n) is 4.63. The highest BCUT2D eigenvalue weighted by molar-refractivity contribution is 5.40. The largest absolute Gasteiger partial charge is 0.416 e. The molecule has 2 rings (SSSR count). The number of hydrogen-bond donors (Lipinski definition) is 1. The fraction of sp³-hybridized carbons (Fsp3) is 0.500. The van der Waals surface area contributed by atoms with Gasteiger partial charge in [-0.1, -0.05) is 0 Å². The predicted octanol–water partition coefficient (Wildman–Crippen LogP) is 3.93. The maximum atomic E-state index is 12.7. The molecule has 0 bridgehead atoms. The molecule has 7 heteroatoms. The highest BCUT2D eigenvalue weighted by Crippen LogP contribution is 2.48. The first kappa shape index (κ1) is 14.2. The molecule has 1 fully saturated rings. The Labute approximate surface area is 105 Å². The molecule has 1 saturated carbocycles. The molecule has 19 heavy (non-hydrogen) atoms. The van der Waals surface area contributed by atoms with Crippen LogP contribution in [0.25, 0.3) is 0 Å². The van der Waals surface area contributed by atoms with Crippen LogP contribution in [-0.4, -0.2) is 7.05 Å². The topological polar surface area (TPSA) is 12.0 Å². The Morgan fingerprint density at radius 1 is 0.895 bits per heavy atom. The van der Waals surface area contributed by atoms with Crippen LogP contribution in [-0.2, 0) is 17.9 Å². The molecule has 0 atom stereocenters. The molecule has 1 aliphatic carbocycles. The van der Waals surface area contributed by atoms with Gasteiger partial charge in [-0.2, -0.15) is 26.3 Å². The molecule has 0 aromatic heterocycles. The van der Waals surface area contributed by atoms with Gasteiger partial charge in [0.2, 0.25) is 0 Å². The highest BCUT2D eigenvalue weighted by Gasteiger charge is 2.46. The van der Waals surface area contributed by atoms with Crippen LogP contribution in [0.4, 0.5) is 26.3 Å². The van der Waals surface area contributed by atoms with Crippen molar-refractivity contribution in [3.63, 3.8) is 0 Å². The lowest BCUT2D eigenvalue weighted by atomic mass is 9.98. The predicted molar refractivity (Wildman–Crippen MR) is 56.4 cm³/mol. The van der Waals surface area contributed by atoms with E-state index in [9.17, 15) is 26.3 Å². The van der Waals surface area contributed by atoms with Crippen LogP contribution in [0, 0.1) is 0 Å². The van der Waals surface area contributed by atoms with Crippen LogP contribution < -0.4 is 5.32 Å². The molecule has 0 aliphatic heterocycles. The van der Waals surface area contributed by atoms with Gasteiger partial charge in [0.15, 0.2) is 0 Å². The van der Waals surface area contributed by atoms with E-state index in [-0.39, 0.29) is 11.6 Å². The van der Waals surface area contributed by atoms with E-state index in [1.807, 2.05) is 0 Å². The van der Waals surface area contributed by atoms with Crippen molar-refractivity contribution in [2.75, 3.05) is 7.05 Å². The Morgan fingerprint density at radius 2 is 1.32 bits per heavy atom. The number of nitrogens with one attached hydrogen (secondary N) is 1. The SMILES string of the molecule is CNC1(c2cc(C(F)(F)F)cc(C(F)(F)F)c2)CC1. The first-order valence-corrected chi connectivity index (χ1v) is 5.57. The minimum absolute atomic E-state index is 0.0390. The Balaban J connectivity index is 2.56. The smallest absolute Gasteiger partial charge is 0.310 e. The average molecular weight is 283 g/mol. The van der Waals surface area contributed by atoms with Crippen molar-refractivity contribution in [1.29, 1.82) is 0 Å². The third kappa shape index (κ3) is 2.70. The molecule has 0 spiro atoms. The number of alkyl halides is 6. The zero-order chi connectivity index (χ0) is 14.5. The van der Waals surface area contributed by atoms with Crippen molar-refractivity contribution in [2.45, 2.75) is 30.7 Å². The molecule has 1 nitrogen and oxygen atoms in total. The van der Waals surface area contributed by atoms with E-state index in [1.165, 1.54) is 7.05 Å². The first-order valence-electron chi connectivity index (χ1n) is 5.57. The van der Waals surface area contributed by atoms with Gasteiger partial charge in [0.1, 0.15) is 0 Å². The molecule has 0 heterocycles. The summed E-state index contributed by atoms with van der Waals surface area (Å²) >= 11 is 0. The fourth-order valence-corrected chi connectivity index (χ4v) is 2.04. The molecule has 0 radical (unpaired) electrons. The Hall–Kier alpha value is -1.24. The highest BCUT2D eigenvalue weighted by atomic mass is 19.4. The quantitative estimate of drug-likeness (QED) is 0.811. The zero-order valence-electron chi connectivity index (χ0n) is 9.91. The van der Waals surface area contributed by atoms with Crippen LogP contribution in [0.1, 0.15) is 29.5 Å². The molecular weight excluding hydrogens is 272 g/mol. The normalized spacial score (nSPS) is 18.5. The maximum absolute atomic E-state index is 12.7. The molecule has 106 valence electrons. The molecule has 0 saturated heterocycles. The fourth-order valence-electron chi connectivity index (χ4n) is 2.04. The van der Waals surface area contributed by atoms with Crippen molar-refractivity contribution in [2.24, 2.45) is 0 Å². The summed E-state index contributed by atoms with van der Waals surface area (Å²) in [6.45, 7) is 0. The minimum atomic E-state index is -4.79. The number of benzene rings is 1. The van der Waals surface area contributed by atoms with Gasteiger partial charge in [-0.3, -0.25) is 0 Å². The third-order valence-electron chi connectivity index (χ3n) is 3.37. The number of halogens is 6. The standard InChI is InChI=1S/C12H11F6N/c1-19-10(2-3-10)7-4-8(11(13,14)15)6-9(5-7)12(16,17)18/h4-6,19H,2-3H2,1H3. The van der Waals surface area contributed by atoms with Crippen LogP contribution in [0.3, 0.4) is 0 Å². The van der Waals surface area contributed by atoms with E-state index in [2.05, 4.69) is 5.32 Å². The third-order valence-corrected chi connectivity index (χ3v) is 3.37. The van der Waals surface area contributed by atoms with Gasteiger partial charge in [-0.25, -0.2) is 0 Å². The van der Waals surface area contributed by atoms with E-state index in [0.29, 0.717) is 12.8 Å².